The Morgan fingerprint density at radius 3 is 2.49 bits per heavy atom. The number of pyridine rings is 2. The zero-order valence-corrected chi connectivity index (χ0v) is 27.1. The molecule has 3 N–H and O–H groups in total. The van der Waals surface area contributed by atoms with Crippen molar-refractivity contribution in [2.75, 3.05) is 17.7 Å². The highest BCUT2D eigenvalue weighted by molar-refractivity contribution is 6.01. The number of benzene rings is 2. The Bertz CT molecular complexity index is 2110. The molecule has 2 unspecified atom stereocenters. The summed E-state index contributed by atoms with van der Waals surface area (Å²) in [5.41, 5.74) is 3.56. The third-order valence-corrected chi connectivity index (χ3v) is 8.82. The molecule has 1 saturated heterocycles. The van der Waals surface area contributed by atoms with E-state index in [0.717, 1.165) is 28.6 Å². The van der Waals surface area contributed by atoms with Crippen LogP contribution >= 0.6 is 0 Å². The molecule has 1 aliphatic rings. The number of nitrogens with zero attached hydrogens (tertiary/aromatic N) is 4. The number of fused-ring (bicyclic) bond motifs is 1. The van der Waals surface area contributed by atoms with Crippen LogP contribution in [0, 0.1) is 6.92 Å². The molecule has 6 rings (SSSR count). The molecule has 0 aliphatic carbocycles. The monoisotopic (exact) mass is 669 g/mol. The summed E-state index contributed by atoms with van der Waals surface area (Å²) in [5, 5.41) is 18.4. The van der Waals surface area contributed by atoms with Gasteiger partial charge >= 0.3 is 6.18 Å². The fraction of sp³-hybridized carbons (Fsp3) is 0.278. The molecule has 252 valence electrons. The van der Waals surface area contributed by atoms with E-state index in [4.69, 9.17) is 0 Å². The molecular weight excluding hydrogens is 635 g/mol. The summed E-state index contributed by atoms with van der Waals surface area (Å²) in [4.78, 5) is 41.2. The van der Waals surface area contributed by atoms with Gasteiger partial charge in [-0.2, -0.15) is 18.3 Å². The zero-order chi connectivity index (χ0) is 34.9. The number of amides is 2. The molecule has 2 amide bonds. The van der Waals surface area contributed by atoms with Crippen LogP contribution in [0.4, 0.5) is 24.7 Å². The number of imide groups is 1. The number of nitrogens with one attached hydrogen (secondary N) is 3. The Kier molecular flexibility index (Phi) is 9.18. The number of carbonyl (C=O) groups excluding carboxylic acids is 2. The molecule has 4 heterocycles. The Morgan fingerprint density at radius 1 is 1.00 bits per heavy atom. The van der Waals surface area contributed by atoms with Crippen molar-refractivity contribution in [2.45, 2.75) is 57.8 Å². The van der Waals surface area contributed by atoms with Gasteiger partial charge in [0.1, 0.15) is 0 Å². The van der Waals surface area contributed by atoms with Crippen molar-refractivity contribution >= 4 is 34.1 Å². The highest BCUT2D eigenvalue weighted by Crippen LogP contribution is 2.35. The number of carbonyl (C=O) groups is 2. The molecule has 2 atom stereocenters. The summed E-state index contributed by atoms with van der Waals surface area (Å²) in [6.07, 6.45) is 0.267. The summed E-state index contributed by atoms with van der Waals surface area (Å²) >= 11 is 0. The lowest BCUT2D eigenvalue weighted by molar-refractivity contribution is -0.138. The van der Waals surface area contributed by atoms with Crippen LogP contribution in [-0.2, 0) is 28.7 Å². The molecule has 13 heteroatoms. The summed E-state index contributed by atoms with van der Waals surface area (Å²) in [7, 11) is 1.57. The second-order valence-electron chi connectivity index (χ2n) is 12.2. The second kappa shape index (κ2) is 13.5. The first-order valence-electron chi connectivity index (χ1n) is 15.8. The number of hydrogen-bond donors (Lipinski definition) is 3. The smallest absolute Gasteiger partial charge is 0.388 e. The minimum absolute atomic E-state index is 0.176. The number of hydrogen-bond acceptors (Lipinski definition) is 8. The molecule has 0 bridgehead atoms. The van der Waals surface area contributed by atoms with Gasteiger partial charge in [-0.3, -0.25) is 24.7 Å². The quantitative estimate of drug-likeness (QED) is 0.159. The van der Waals surface area contributed by atoms with Crippen LogP contribution in [-0.4, -0.2) is 38.6 Å². The number of anilines is 2. The van der Waals surface area contributed by atoms with E-state index in [9.17, 15) is 27.6 Å². The van der Waals surface area contributed by atoms with Crippen LogP contribution in [0.3, 0.4) is 0 Å². The molecule has 10 nitrogen and oxygen atoms in total. The van der Waals surface area contributed by atoms with E-state index in [-0.39, 0.29) is 23.3 Å². The zero-order valence-electron chi connectivity index (χ0n) is 27.1. The first kappa shape index (κ1) is 33.3. The molecule has 3 aromatic heterocycles. The first-order chi connectivity index (χ1) is 23.4. The Morgan fingerprint density at radius 2 is 1.78 bits per heavy atom. The summed E-state index contributed by atoms with van der Waals surface area (Å²) in [6, 6.07) is 15.9. The van der Waals surface area contributed by atoms with Crippen molar-refractivity contribution in [3.05, 3.63) is 111 Å². The standard InChI is InChI=1S/C36H34F3N7O3/c1-20(25-14-26(36(37,38)39)16-27(15-25)40-3)42-34-29-17-31(41-18-30(29)21(2)44-45-34)24-8-11-33(48)46(19-24)13-12-22-4-6-23(7-5-22)28-9-10-32(47)43-35(28)49/h4-8,11,14-20,28,40H,9-10,12-13H2,1-3H3,(H,42,45)(H,43,47,49). The van der Waals surface area contributed by atoms with Gasteiger partial charge in [-0.25, -0.2) is 0 Å². The minimum Gasteiger partial charge on any atom is -0.388 e. The minimum atomic E-state index is -4.50. The van der Waals surface area contributed by atoms with E-state index in [2.05, 4.69) is 31.1 Å². The maximum absolute atomic E-state index is 13.6. The number of halogens is 3. The van der Waals surface area contributed by atoms with Crippen molar-refractivity contribution in [3.8, 4) is 11.3 Å². The number of alkyl halides is 3. The van der Waals surface area contributed by atoms with Crippen LogP contribution < -0.4 is 21.5 Å². The summed E-state index contributed by atoms with van der Waals surface area (Å²) in [6.45, 7) is 3.95. The topological polar surface area (TPSA) is 131 Å². The number of rotatable bonds is 9. The highest BCUT2D eigenvalue weighted by atomic mass is 19.4. The average Bonchev–Trinajstić information content (AvgIpc) is 3.08. The fourth-order valence-electron chi connectivity index (χ4n) is 5.97. The first-order valence-corrected chi connectivity index (χ1v) is 15.8. The third kappa shape index (κ3) is 7.30. The normalized spacial score (nSPS) is 15.6. The molecule has 49 heavy (non-hydrogen) atoms. The molecule has 0 saturated carbocycles. The Hall–Kier alpha value is -5.59. The number of aromatic nitrogens is 4. The SMILES string of the molecule is CNc1cc(C(C)Nc2nnc(C)c3cnc(-c4ccc(=O)n(CCc5ccc(C6CCC(=O)NC6=O)cc5)c4)cc23)cc(C(F)(F)F)c1. The van der Waals surface area contributed by atoms with E-state index in [0.29, 0.717) is 65.2 Å². The molecular formula is C36H34F3N7O3. The van der Waals surface area contributed by atoms with Crippen LogP contribution in [0.15, 0.2) is 77.9 Å². The van der Waals surface area contributed by atoms with E-state index in [1.165, 1.54) is 6.07 Å². The van der Waals surface area contributed by atoms with Crippen molar-refractivity contribution in [1.29, 1.82) is 0 Å². The number of piperidine rings is 1. The van der Waals surface area contributed by atoms with Crippen LogP contribution in [0.1, 0.15) is 59.7 Å². The Labute approximate surface area is 279 Å². The van der Waals surface area contributed by atoms with E-state index in [1.807, 2.05) is 30.3 Å². The summed E-state index contributed by atoms with van der Waals surface area (Å²) in [5.74, 6) is -0.513. The van der Waals surface area contributed by atoms with Gasteiger partial charge in [0.25, 0.3) is 5.56 Å². The van der Waals surface area contributed by atoms with E-state index >= 15 is 0 Å². The highest BCUT2D eigenvalue weighted by Gasteiger charge is 2.32. The predicted molar refractivity (Wildman–Crippen MR) is 180 cm³/mol. The van der Waals surface area contributed by atoms with Crippen molar-refractivity contribution in [1.82, 2.24) is 25.1 Å². The van der Waals surface area contributed by atoms with Crippen LogP contribution in [0.2, 0.25) is 0 Å². The molecule has 0 radical (unpaired) electrons. The van der Waals surface area contributed by atoms with Crippen LogP contribution in [0.5, 0.6) is 0 Å². The second-order valence-corrected chi connectivity index (χ2v) is 12.2. The predicted octanol–water partition coefficient (Wildman–Crippen LogP) is 6.16. The van der Waals surface area contributed by atoms with Crippen molar-refractivity contribution in [2.24, 2.45) is 0 Å². The Balaban J connectivity index is 1.23. The average molecular weight is 670 g/mol. The number of aryl methyl sites for hydroxylation is 3. The molecule has 2 aromatic carbocycles. The molecule has 0 spiro atoms. The molecule has 1 aliphatic heterocycles. The third-order valence-electron chi connectivity index (χ3n) is 8.82. The van der Waals surface area contributed by atoms with Crippen molar-refractivity contribution in [3.63, 3.8) is 0 Å². The van der Waals surface area contributed by atoms with Gasteiger partial charge in [-0.15, -0.1) is 5.10 Å². The van der Waals surface area contributed by atoms with Gasteiger partial charge in [-0.1, -0.05) is 24.3 Å². The van der Waals surface area contributed by atoms with Gasteiger partial charge in [0.2, 0.25) is 11.8 Å². The maximum atomic E-state index is 13.6. The lowest BCUT2D eigenvalue weighted by atomic mass is 9.90. The summed E-state index contributed by atoms with van der Waals surface area (Å²) < 4.78 is 42.4. The lowest BCUT2D eigenvalue weighted by Crippen LogP contribution is -2.39. The van der Waals surface area contributed by atoms with Gasteiger partial charge < -0.3 is 15.2 Å². The molecule has 5 aromatic rings. The van der Waals surface area contributed by atoms with E-state index < -0.39 is 17.8 Å². The van der Waals surface area contributed by atoms with Gasteiger partial charge in [0.15, 0.2) is 5.82 Å². The maximum Gasteiger partial charge on any atom is 0.416 e. The van der Waals surface area contributed by atoms with Crippen LogP contribution in [0.25, 0.3) is 22.0 Å². The van der Waals surface area contributed by atoms with Gasteiger partial charge in [-0.05, 0) is 73.7 Å². The van der Waals surface area contributed by atoms with E-state index in [1.54, 1.807) is 50.0 Å². The van der Waals surface area contributed by atoms with Gasteiger partial charge in [0, 0.05) is 60.5 Å². The van der Waals surface area contributed by atoms with Gasteiger partial charge in [0.05, 0.1) is 28.9 Å². The largest absolute Gasteiger partial charge is 0.416 e. The molecule has 1 fully saturated rings. The van der Waals surface area contributed by atoms with Crippen molar-refractivity contribution < 1.29 is 22.8 Å². The lowest BCUT2D eigenvalue weighted by Gasteiger charge is -2.21. The fourth-order valence-corrected chi connectivity index (χ4v) is 5.97.